The third-order valence-corrected chi connectivity index (χ3v) is 2.89. The molecule has 0 atom stereocenters. The maximum absolute atomic E-state index is 11.0. The fourth-order valence-electron chi connectivity index (χ4n) is 1.97. The van der Waals surface area contributed by atoms with E-state index < -0.39 is 0 Å². The molecular weight excluding hydrogens is 244 g/mol. The Morgan fingerprint density at radius 2 is 1.95 bits per heavy atom. The highest BCUT2D eigenvalue weighted by Crippen LogP contribution is 2.14. The average Bonchev–Trinajstić information content (AvgIpc) is 2.41. The van der Waals surface area contributed by atoms with Gasteiger partial charge in [0.15, 0.2) is 6.29 Å². The first-order valence-electron chi connectivity index (χ1n) is 6.68. The van der Waals surface area contributed by atoms with Gasteiger partial charge >= 0.3 is 0 Å². The van der Waals surface area contributed by atoms with Crippen molar-refractivity contribution in [2.45, 2.75) is 32.5 Å². The Kier molecular flexibility index (Phi) is 5.36. The van der Waals surface area contributed by atoms with E-state index in [9.17, 15) is 4.79 Å². The Bertz CT molecular complexity index is 393. The van der Waals surface area contributed by atoms with Crippen molar-refractivity contribution < 1.29 is 19.0 Å². The van der Waals surface area contributed by atoms with E-state index in [0.29, 0.717) is 13.0 Å². The van der Waals surface area contributed by atoms with Gasteiger partial charge < -0.3 is 14.2 Å². The summed E-state index contributed by atoms with van der Waals surface area (Å²) in [5, 5.41) is 0. The summed E-state index contributed by atoms with van der Waals surface area (Å²) in [6.07, 6.45) is 2.04. The first-order valence-corrected chi connectivity index (χ1v) is 6.68. The summed E-state index contributed by atoms with van der Waals surface area (Å²) in [5.41, 5.74) is 1.01. The van der Waals surface area contributed by atoms with Gasteiger partial charge in [0, 0.05) is 12.8 Å². The Balaban J connectivity index is 1.71. The molecule has 19 heavy (non-hydrogen) atoms. The lowest BCUT2D eigenvalue weighted by Crippen LogP contribution is -2.26. The molecule has 0 radical (unpaired) electrons. The van der Waals surface area contributed by atoms with Crippen LogP contribution in [0.1, 0.15) is 25.3 Å². The lowest BCUT2D eigenvalue weighted by atomic mass is 10.1. The SMILES string of the molecule is CC(=O)Cc1ccc(OCCC2OCCCO2)cc1. The molecule has 104 valence electrons. The summed E-state index contributed by atoms with van der Waals surface area (Å²) in [7, 11) is 0. The van der Waals surface area contributed by atoms with Crippen LogP contribution in [0, 0.1) is 0 Å². The number of rotatable bonds is 6. The fraction of sp³-hybridized carbons (Fsp3) is 0.533. The minimum atomic E-state index is -0.134. The van der Waals surface area contributed by atoms with Gasteiger partial charge in [-0.15, -0.1) is 0 Å². The van der Waals surface area contributed by atoms with Gasteiger partial charge in [-0.05, 0) is 31.0 Å². The van der Waals surface area contributed by atoms with Crippen molar-refractivity contribution in [3.05, 3.63) is 29.8 Å². The lowest BCUT2D eigenvalue weighted by Gasteiger charge is -2.23. The van der Waals surface area contributed by atoms with Gasteiger partial charge in [-0.2, -0.15) is 0 Å². The van der Waals surface area contributed by atoms with Crippen LogP contribution in [0.15, 0.2) is 24.3 Å². The predicted octanol–water partition coefficient (Wildman–Crippen LogP) is 2.35. The normalized spacial score (nSPS) is 16.3. The first-order chi connectivity index (χ1) is 9.24. The topological polar surface area (TPSA) is 44.8 Å². The van der Waals surface area contributed by atoms with Gasteiger partial charge in [-0.1, -0.05) is 12.1 Å². The van der Waals surface area contributed by atoms with Crippen molar-refractivity contribution in [1.29, 1.82) is 0 Å². The maximum atomic E-state index is 11.0. The molecule has 0 saturated carbocycles. The Morgan fingerprint density at radius 3 is 2.58 bits per heavy atom. The van der Waals surface area contributed by atoms with Crippen molar-refractivity contribution in [2.24, 2.45) is 0 Å². The third-order valence-electron chi connectivity index (χ3n) is 2.89. The third kappa shape index (κ3) is 5.01. The number of ketones is 1. The van der Waals surface area contributed by atoms with Crippen molar-refractivity contribution in [2.75, 3.05) is 19.8 Å². The van der Waals surface area contributed by atoms with E-state index in [0.717, 1.165) is 37.4 Å². The van der Waals surface area contributed by atoms with Crippen LogP contribution in [0.5, 0.6) is 5.75 Å². The smallest absolute Gasteiger partial charge is 0.160 e. The highest BCUT2D eigenvalue weighted by Gasteiger charge is 2.13. The van der Waals surface area contributed by atoms with Crippen LogP contribution in [0.2, 0.25) is 0 Å². The van der Waals surface area contributed by atoms with Gasteiger partial charge in [-0.25, -0.2) is 0 Å². The van der Waals surface area contributed by atoms with Gasteiger partial charge in [0.25, 0.3) is 0 Å². The van der Waals surface area contributed by atoms with Crippen molar-refractivity contribution >= 4 is 5.78 Å². The molecule has 1 heterocycles. The van der Waals surface area contributed by atoms with Crippen LogP contribution in [-0.4, -0.2) is 31.9 Å². The lowest BCUT2D eigenvalue weighted by molar-refractivity contribution is -0.183. The minimum absolute atomic E-state index is 0.134. The first kappa shape index (κ1) is 14.0. The molecule has 0 N–H and O–H groups in total. The fourth-order valence-corrected chi connectivity index (χ4v) is 1.97. The molecule has 1 aromatic rings. The number of benzene rings is 1. The second-order valence-electron chi connectivity index (χ2n) is 4.68. The second kappa shape index (κ2) is 7.26. The summed E-state index contributed by atoms with van der Waals surface area (Å²) >= 11 is 0. The second-order valence-corrected chi connectivity index (χ2v) is 4.68. The molecule has 2 rings (SSSR count). The molecule has 0 aliphatic carbocycles. The van der Waals surface area contributed by atoms with Crippen LogP contribution < -0.4 is 4.74 Å². The van der Waals surface area contributed by atoms with E-state index in [1.807, 2.05) is 24.3 Å². The van der Waals surface area contributed by atoms with Crippen LogP contribution >= 0.6 is 0 Å². The average molecular weight is 264 g/mol. The molecule has 1 fully saturated rings. The Morgan fingerprint density at radius 1 is 1.26 bits per heavy atom. The zero-order chi connectivity index (χ0) is 13.5. The number of hydrogen-bond donors (Lipinski definition) is 0. The highest BCUT2D eigenvalue weighted by molar-refractivity contribution is 5.78. The zero-order valence-electron chi connectivity index (χ0n) is 11.3. The van der Waals surface area contributed by atoms with E-state index in [-0.39, 0.29) is 12.1 Å². The predicted molar refractivity (Wildman–Crippen MR) is 71.2 cm³/mol. The Labute approximate surface area is 113 Å². The van der Waals surface area contributed by atoms with Crippen molar-refractivity contribution in [1.82, 2.24) is 0 Å². The molecule has 0 unspecified atom stereocenters. The molecule has 1 saturated heterocycles. The van der Waals surface area contributed by atoms with Crippen LogP contribution in [0.25, 0.3) is 0 Å². The van der Waals surface area contributed by atoms with E-state index in [2.05, 4.69) is 0 Å². The van der Waals surface area contributed by atoms with E-state index >= 15 is 0 Å². The molecule has 0 amide bonds. The summed E-state index contributed by atoms with van der Waals surface area (Å²) in [5.74, 6) is 0.975. The molecule has 0 aromatic heterocycles. The number of hydrogen-bond acceptors (Lipinski definition) is 4. The van der Waals surface area contributed by atoms with E-state index in [4.69, 9.17) is 14.2 Å². The van der Waals surface area contributed by atoms with Crippen molar-refractivity contribution in [3.8, 4) is 5.75 Å². The van der Waals surface area contributed by atoms with Crippen molar-refractivity contribution in [3.63, 3.8) is 0 Å². The highest BCUT2D eigenvalue weighted by atomic mass is 16.7. The molecule has 0 bridgehead atoms. The monoisotopic (exact) mass is 264 g/mol. The number of Topliss-reactive ketones (excluding diaryl/α,β-unsaturated/α-hetero) is 1. The molecule has 0 spiro atoms. The molecule has 4 nitrogen and oxygen atoms in total. The number of ether oxygens (including phenoxy) is 3. The van der Waals surface area contributed by atoms with Gasteiger partial charge in [-0.3, -0.25) is 4.79 Å². The zero-order valence-corrected chi connectivity index (χ0v) is 11.3. The molecular formula is C15H20O4. The summed E-state index contributed by atoms with van der Waals surface area (Å²) < 4.78 is 16.5. The quantitative estimate of drug-likeness (QED) is 0.791. The summed E-state index contributed by atoms with van der Waals surface area (Å²) in [6, 6.07) is 7.62. The summed E-state index contributed by atoms with van der Waals surface area (Å²) in [4.78, 5) is 11.0. The van der Waals surface area contributed by atoms with Gasteiger partial charge in [0.1, 0.15) is 11.5 Å². The number of carbonyl (C=O) groups is 1. The van der Waals surface area contributed by atoms with Gasteiger partial charge in [0.05, 0.1) is 19.8 Å². The van der Waals surface area contributed by atoms with E-state index in [1.54, 1.807) is 6.92 Å². The Hall–Kier alpha value is -1.39. The maximum Gasteiger partial charge on any atom is 0.160 e. The van der Waals surface area contributed by atoms with Crippen LogP contribution in [0.3, 0.4) is 0 Å². The molecule has 1 aliphatic heterocycles. The largest absolute Gasteiger partial charge is 0.493 e. The van der Waals surface area contributed by atoms with Crippen LogP contribution in [0.4, 0.5) is 0 Å². The minimum Gasteiger partial charge on any atom is -0.493 e. The van der Waals surface area contributed by atoms with Gasteiger partial charge in [0.2, 0.25) is 0 Å². The van der Waals surface area contributed by atoms with Crippen LogP contribution in [-0.2, 0) is 20.7 Å². The molecule has 4 heteroatoms. The summed E-state index contributed by atoms with van der Waals surface area (Å²) in [6.45, 7) is 3.69. The standard InChI is InChI=1S/C15H20O4/c1-12(16)11-13-3-5-14(6-4-13)17-10-7-15-18-8-2-9-19-15/h3-6,15H,2,7-11H2,1H3. The number of carbonyl (C=O) groups excluding carboxylic acids is 1. The molecule has 1 aliphatic rings. The van der Waals surface area contributed by atoms with E-state index in [1.165, 1.54) is 0 Å². The molecule has 1 aromatic carbocycles.